The molecule has 3 atom stereocenters. The fourth-order valence-electron chi connectivity index (χ4n) is 5.30. The largest absolute Gasteiger partial charge is 0.454 e. The van der Waals surface area contributed by atoms with Crippen LogP contribution in [0.1, 0.15) is 51.5 Å². The highest BCUT2D eigenvalue weighted by molar-refractivity contribution is 6.22. The summed E-state index contributed by atoms with van der Waals surface area (Å²) in [6.07, 6.45) is 2.12. The third-order valence-corrected chi connectivity index (χ3v) is 7.27. The number of ether oxygens (including phenoxy) is 1. The molecule has 0 aromatic heterocycles. The maximum atomic E-state index is 13.3. The number of ketones is 1. The Morgan fingerprint density at radius 2 is 1.58 bits per heavy atom. The second kappa shape index (κ2) is 10.4. The van der Waals surface area contributed by atoms with Crippen LogP contribution in [0.25, 0.3) is 0 Å². The van der Waals surface area contributed by atoms with Gasteiger partial charge < -0.3 is 4.74 Å². The summed E-state index contributed by atoms with van der Waals surface area (Å²) in [6.45, 7) is -0.587. The van der Waals surface area contributed by atoms with Gasteiger partial charge in [0.25, 0.3) is 5.69 Å². The molecule has 38 heavy (non-hydrogen) atoms. The van der Waals surface area contributed by atoms with E-state index in [9.17, 15) is 29.3 Å². The number of nitro benzene ring substituents is 1. The first-order chi connectivity index (χ1) is 18.3. The summed E-state index contributed by atoms with van der Waals surface area (Å²) in [5, 5.41) is 10.9. The minimum Gasteiger partial charge on any atom is -0.454 e. The zero-order valence-electron chi connectivity index (χ0n) is 20.3. The number of amides is 2. The van der Waals surface area contributed by atoms with Gasteiger partial charge in [-0.2, -0.15) is 0 Å². The minimum absolute atomic E-state index is 0.0596. The first-order valence-electron chi connectivity index (χ1n) is 12.3. The summed E-state index contributed by atoms with van der Waals surface area (Å²) in [5.74, 6) is -2.27. The smallest absolute Gasteiger partial charge is 0.338 e. The number of Topliss-reactive ketones (excluding diaryl/α,β-unsaturated/α-hetero) is 1. The number of nitro groups is 1. The molecule has 1 saturated carbocycles. The second-order valence-electron chi connectivity index (χ2n) is 9.50. The van der Waals surface area contributed by atoms with Crippen molar-refractivity contribution in [1.29, 1.82) is 0 Å². The molecule has 3 aromatic rings. The lowest BCUT2D eigenvalue weighted by atomic mass is 9.73. The molecule has 2 aliphatic rings. The zero-order valence-corrected chi connectivity index (χ0v) is 20.3. The van der Waals surface area contributed by atoms with Gasteiger partial charge in [-0.15, -0.1) is 0 Å². The number of imide groups is 1. The predicted octanol–water partition coefficient (Wildman–Crippen LogP) is 4.71. The van der Waals surface area contributed by atoms with Crippen molar-refractivity contribution in [2.24, 2.45) is 11.8 Å². The molecular formula is C29H24N2O7. The summed E-state index contributed by atoms with van der Waals surface area (Å²) >= 11 is 0. The van der Waals surface area contributed by atoms with E-state index in [2.05, 4.69) is 12.1 Å². The van der Waals surface area contributed by atoms with E-state index in [-0.39, 0.29) is 46.4 Å². The van der Waals surface area contributed by atoms with Crippen molar-refractivity contribution in [2.45, 2.75) is 25.2 Å². The van der Waals surface area contributed by atoms with E-state index >= 15 is 0 Å². The van der Waals surface area contributed by atoms with Crippen LogP contribution in [0.15, 0.2) is 78.9 Å². The molecule has 0 spiro atoms. The molecule has 0 unspecified atom stereocenters. The molecule has 3 aromatic carbocycles. The van der Waals surface area contributed by atoms with Gasteiger partial charge in [0.2, 0.25) is 17.6 Å². The molecule has 0 radical (unpaired) electrons. The van der Waals surface area contributed by atoms with Gasteiger partial charge in [0.05, 0.1) is 28.0 Å². The van der Waals surface area contributed by atoms with Crippen molar-refractivity contribution >= 4 is 34.9 Å². The third kappa shape index (κ3) is 4.82. The van der Waals surface area contributed by atoms with Crippen LogP contribution in [0, 0.1) is 22.0 Å². The van der Waals surface area contributed by atoms with E-state index in [4.69, 9.17) is 4.74 Å². The first-order valence-corrected chi connectivity index (χ1v) is 12.3. The maximum Gasteiger partial charge on any atom is 0.338 e. The lowest BCUT2D eigenvalue weighted by molar-refractivity contribution is -0.384. The fourth-order valence-corrected chi connectivity index (χ4v) is 5.30. The van der Waals surface area contributed by atoms with Gasteiger partial charge in [0.1, 0.15) is 0 Å². The topological polar surface area (TPSA) is 124 Å². The van der Waals surface area contributed by atoms with Crippen LogP contribution in [0.3, 0.4) is 0 Å². The first kappa shape index (κ1) is 25.0. The number of rotatable bonds is 7. The summed E-state index contributed by atoms with van der Waals surface area (Å²) in [4.78, 5) is 62.7. The Hall–Kier alpha value is -4.66. The van der Waals surface area contributed by atoms with Crippen molar-refractivity contribution < 1.29 is 28.8 Å². The number of carbonyl (C=O) groups is 4. The highest BCUT2D eigenvalue weighted by Crippen LogP contribution is 2.45. The molecule has 9 nitrogen and oxygen atoms in total. The number of non-ortho nitro benzene ring substituents is 1. The molecule has 9 heteroatoms. The van der Waals surface area contributed by atoms with E-state index in [1.165, 1.54) is 52.9 Å². The summed E-state index contributed by atoms with van der Waals surface area (Å²) < 4.78 is 5.08. The number of hydrogen-bond donors (Lipinski definition) is 0. The highest BCUT2D eigenvalue weighted by atomic mass is 16.6. The van der Waals surface area contributed by atoms with E-state index in [0.717, 1.165) is 12.5 Å². The van der Waals surface area contributed by atoms with Gasteiger partial charge in [-0.3, -0.25) is 29.4 Å². The van der Waals surface area contributed by atoms with E-state index in [1.54, 1.807) is 0 Å². The molecular weight excluding hydrogens is 488 g/mol. The van der Waals surface area contributed by atoms with Crippen molar-refractivity contribution in [3.05, 3.63) is 106 Å². The van der Waals surface area contributed by atoms with Crippen LogP contribution in [0.4, 0.5) is 11.4 Å². The molecule has 1 heterocycles. The number of fused-ring (bicyclic) bond motifs is 1. The molecule has 2 fully saturated rings. The second-order valence-corrected chi connectivity index (χ2v) is 9.50. The number of benzene rings is 3. The highest BCUT2D eigenvalue weighted by Gasteiger charge is 2.50. The lowest BCUT2D eigenvalue weighted by Gasteiger charge is -2.28. The van der Waals surface area contributed by atoms with Crippen LogP contribution in [0.2, 0.25) is 0 Å². The Kier molecular flexibility index (Phi) is 6.83. The monoisotopic (exact) mass is 512 g/mol. The molecule has 1 saturated heterocycles. The molecule has 2 amide bonds. The maximum absolute atomic E-state index is 13.3. The molecule has 192 valence electrons. The Morgan fingerprint density at radius 3 is 2.29 bits per heavy atom. The average Bonchev–Trinajstić information content (AvgIpc) is 3.20. The number of nitrogens with zero attached hydrogens (tertiary/aromatic N) is 2. The van der Waals surface area contributed by atoms with Crippen molar-refractivity contribution in [3.63, 3.8) is 0 Å². The van der Waals surface area contributed by atoms with E-state index < -0.39 is 23.3 Å². The van der Waals surface area contributed by atoms with E-state index in [1.807, 2.05) is 18.2 Å². The molecule has 5 rings (SSSR count). The SMILES string of the molecule is O=C(COC(=O)c1ccc(N2C(=O)[C@H]3C[C@H](c4ccccc4)CC[C@H]3C2=O)cc1)c1cccc([N+](=O)[O-])c1. The summed E-state index contributed by atoms with van der Waals surface area (Å²) in [5.41, 5.74) is 1.52. The van der Waals surface area contributed by atoms with Crippen molar-refractivity contribution in [3.8, 4) is 0 Å². The van der Waals surface area contributed by atoms with Gasteiger partial charge >= 0.3 is 5.97 Å². The van der Waals surface area contributed by atoms with Crippen LogP contribution in [0.5, 0.6) is 0 Å². The third-order valence-electron chi connectivity index (χ3n) is 7.27. The molecule has 0 N–H and O–H groups in total. The van der Waals surface area contributed by atoms with Crippen molar-refractivity contribution in [2.75, 3.05) is 11.5 Å². The standard InChI is InChI=1S/C29H24N2O7/c32-26(21-7-4-8-23(15-21)31(36)37)17-38-29(35)19-9-12-22(13-10-19)30-27(33)24-14-11-20(16-25(24)28(30)34)18-5-2-1-3-6-18/h1-10,12-13,15,20,24-25H,11,14,16-17H2/t20-,24-,25+/m1/s1. The van der Waals surface area contributed by atoms with Gasteiger partial charge in [-0.1, -0.05) is 42.5 Å². The number of carbonyl (C=O) groups excluding carboxylic acids is 4. The quantitative estimate of drug-likeness (QED) is 0.148. The lowest BCUT2D eigenvalue weighted by Crippen LogP contribution is -2.30. The van der Waals surface area contributed by atoms with Gasteiger partial charge in [-0.25, -0.2) is 4.79 Å². The Labute approximate surface area is 218 Å². The molecule has 0 bridgehead atoms. The summed E-state index contributed by atoms with van der Waals surface area (Å²) in [6, 6.07) is 21.1. The van der Waals surface area contributed by atoms with Crippen LogP contribution < -0.4 is 4.90 Å². The summed E-state index contributed by atoms with van der Waals surface area (Å²) in [7, 11) is 0. The van der Waals surface area contributed by atoms with Gasteiger partial charge in [-0.05, 0) is 55.0 Å². The number of anilines is 1. The Bertz CT molecular complexity index is 1420. The molecule has 1 aliphatic heterocycles. The zero-order chi connectivity index (χ0) is 26.8. The van der Waals surface area contributed by atoms with Crippen LogP contribution in [-0.4, -0.2) is 35.1 Å². The minimum atomic E-state index is -0.770. The van der Waals surface area contributed by atoms with Crippen molar-refractivity contribution in [1.82, 2.24) is 0 Å². The average molecular weight is 513 g/mol. The Balaban J connectivity index is 1.23. The van der Waals surface area contributed by atoms with Gasteiger partial charge in [0.15, 0.2) is 6.61 Å². The van der Waals surface area contributed by atoms with Crippen LogP contribution >= 0.6 is 0 Å². The predicted molar refractivity (Wildman–Crippen MR) is 137 cm³/mol. The van der Waals surface area contributed by atoms with Gasteiger partial charge in [0, 0.05) is 17.7 Å². The Morgan fingerprint density at radius 1 is 0.868 bits per heavy atom. The van der Waals surface area contributed by atoms with E-state index in [0.29, 0.717) is 18.5 Å². The molecule has 1 aliphatic carbocycles. The fraction of sp³-hybridized carbons (Fsp3) is 0.241. The number of hydrogen-bond acceptors (Lipinski definition) is 7. The van der Waals surface area contributed by atoms with Crippen LogP contribution in [-0.2, 0) is 14.3 Å². The normalized spacial score (nSPS) is 20.6. The number of esters is 1.